The van der Waals surface area contributed by atoms with E-state index >= 15 is 0 Å². The number of hydrogen-bond acceptors (Lipinski definition) is 3. The minimum atomic E-state index is -0.849. The van der Waals surface area contributed by atoms with Crippen LogP contribution in [0.3, 0.4) is 0 Å². The van der Waals surface area contributed by atoms with Gasteiger partial charge in [-0.05, 0) is 26.0 Å². The van der Waals surface area contributed by atoms with E-state index in [1.807, 2.05) is 25.1 Å². The molecule has 0 unspecified atom stereocenters. The minimum absolute atomic E-state index is 0.481. The smallest absolute Gasteiger partial charge is 0.320 e. The number of carboxylic acid groups (broad SMARTS) is 1. The van der Waals surface area contributed by atoms with Crippen molar-refractivity contribution < 1.29 is 9.90 Å². The highest BCUT2D eigenvalue weighted by Crippen LogP contribution is 1.98. The molecule has 4 heteroatoms. The van der Waals surface area contributed by atoms with Gasteiger partial charge in [0.25, 0.3) is 0 Å². The molecule has 1 aromatic rings. The molecule has 0 radical (unpaired) electrons. The maximum atomic E-state index is 10.5. The molecule has 4 nitrogen and oxygen atoms in total. The molecule has 1 heterocycles. The summed E-state index contributed by atoms with van der Waals surface area (Å²) in [4.78, 5) is 14.8. The van der Waals surface area contributed by atoms with E-state index in [4.69, 9.17) is 5.11 Å². The molecule has 0 aromatic carbocycles. The third-order valence-electron chi connectivity index (χ3n) is 1.91. The van der Waals surface area contributed by atoms with Crippen molar-refractivity contribution >= 4 is 5.97 Å². The van der Waals surface area contributed by atoms with Gasteiger partial charge in [0.15, 0.2) is 0 Å². The van der Waals surface area contributed by atoms with Crippen molar-refractivity contribution in [1.29, 1.82) is 0 Å². The lowest BCUT2D eigenvalue weighted by molar-refractivity contribution is -0.139. The number of aromatic nitrogens is 1. The van der Waals surface area contributed by atoms with E-state index in [-0.39, 0.29) is 0 Å². The molecule has 0 aliphatic heterocycles. The molecular formula is C10H14N2O2. The fourth-order valence-electron chi connectivity index (χ4n) is 1.04. The van der Waals surface area contributed by atoms with E-state index in [2.05, 4.69) is 10.3 Å². The van der Waals surface area contributed by atoms with Gasteiger partial charge in [0.1, 0.15) is 6.04 Å². The van der Waals surface area contributed by atoms with Crippen LogP contribution in [-0.2, 0) is 11.3 Å². The maximum absolute atomic E-state index is 10.5. The lowest BCUT2D eigenvalue weighted by atomic mass is 10.3. The molecule has 0 aliphatic carbocycles. The van der Waals surface area contributed by atoms with Crippen LogP contribution < -0.4 is 5.32 Å². The molecule has 1 atom stereocenters. The number of nitrogens with one attached hydrogen (secondary N) is 1. The maximum Gasteiger partial charge on any atom is 0.320 e. The van der Waals surface area contributed by atoms with Gasteiger partial charge in [0.05, 0.1) is 5.69 Å². The standard InChI is InChI=1S/C10H14N2O2/c1-7-4-3-5-9(12-7)6-11-8(2)10(13)14/h3-5,8,11H,6H2,1-2H3,(H,13,14)/t8-/m1/s1. The van der Waals surface area contributed by atoms with E-state index in [1.54, 1.807) is 6.92 Å². The fraction of sp³-hybridized carbons (Fsp3) is 0.400. The highest BCUT2D eigenvalue weighted by molar-refractivity contribution is 5.72. The number of pyridine rings is 1. The van der Waals surface area contributed by atoms with Gasteiger partial charge < -0.3 is 5.11 Å². The summed E-state index contributed by atoms with van der Waals surface area (Å²) >= 11 is 0. The summed E-state index contributed by atoms with van der Waals surface area (Å²) in [6.45, 7) is 4.00. The zero-order valence-electron chi connectivity index (χ0n) is 8.32. The van der Waals surface area contributed by atoms with Gasteiger partial charge in [-0.25, -0.2) is 0 Å². The average Bonchev–Trinajstić information content (AvgIpc) is 2.14. The largest absolute Gasteiger partial charge is 0.480 e. The predicted octanol–water partition coefficient (Wildman–Crippen LogP) is 0.953. The zero-order chi connectivity index (χ0) is 10.6. The quantitative estimate of drug-likeness (QED) is 0.749. The van der Waals surface area contributed by atoms with Gasteiger partial charge >= 0.3 is 5.97 Å². The first-order valence-electron chi connectivity index (χ1n) is 4.48. The second-order valence-electron chi connectivity index (χ2n) is 3.21. The molecule has 14 heavy (non-hydrogen) atoms. The number of carbonyl (C=O) groups is 1. The number of nitrogens with zero attached hydrogens (tertiary/aromatic N) is 1. The summed E-state index contributed by atoms with van der Waals surface area (Å²) in [7, 11) is 0. The Hall–Kier alpha value is -1.42. The molecule has 0 saturated heterocycles. The Kier molecular flexibility index (Phi) is 3.59. The van der Waals surface area contributed by atoms with Crippen LogP contribution >= 0.6 is 0 Å². The van der Waals surface area contributed by atoms with Gasteiger partial charge in [0, 0.05) is 12.2 Å². The van der Waals surface area contributed by atoms with Crippen LogP contribution in [0, 0.1) is 6.92 Å². The SMILES string of the molecule is Cc1cccc(CN[C@H](C)C(=O)O)n1. The van der Waals surface area contributed by atoms with E-state index in [0.717, 1.165) is 11.4 Å². The molecule has 0 fully saturated rings. The van der Waals surface area contributed by atoms with Crippen molar-refractivity contribution in [3.8, 4) is 0 Å². The zero-order valence-corrected chi connectivity index (χ0v) is 8.32. The lowest BCUT2D eigenvalue weighted by Crippen LogP contribution is -2.33. The van der Waals surface area contributed by atoms with Gasteiger partial charge in [-0.2, -0.15) is 0 Å². The molecule has 1 aromatic heterocycles. The minimum Gasteiger partial charge on any atom is -0.480 e. The second kappa shape index (κ2) is 4.72. The van der Waals surface area contributed by atoms with Crippen molar-refractivity contribution in [3.63, 3.8) is 0 Å². The number of rotatable bonds is 4. The van der Waals surface area contributed by atoms with Gasteiger partial charge in [-0.15, -0.1) is 0 Å². The van der Waals surface area contributed by atoms with Gasteiger partial charge in [-0.1, -0.05) is 6.07 Å². The number of aliphatic carboxylic acids is 1. The molecule has 0 amide bonds. The fourth-order valence-corrected chi connectivity index (χ4v) is 1.04. The van der Waals surface area contributed by atoms with Crippen LogP contribution in [0.2, 0.25) is 0 Å². The third-order valence-corrected chi connectivity index (χ3v) is 1.91. The van der Waals surface area contributed by atoms with E-state index in [1.165, 1.54) is 0 Å². The summed E-state index contributed by atoms with van der Waals surface area (Å²) in [6.07, 6.45) is 0. The Morgan fingerprint density at radius 2 is 2.36 bits per heavy atom. The topological polar surface area (TPSA) is 62.2 Å². The lowest BCUT2D eigenvalue weighted by Gasteiger charge is -2.08. The highest BCUT2D eigenvalue weighted by Gasteiger charge is 2.09. The van der Waals surface area contributed by atoms with Crippen LogP contribution in [0.4, 0.5) is 0 Å². The molecule has 0 aliphatic rings. The molecule has 2 N–H and O–H groups in total. The van der Waals surface area contributed by atoms with Gasteiger partial charge in [-0.3, -0.25) is 15.1 Å². The van der Waals surface area contributed by atoms with Crippen LogP contribution in [0.5, 0.6) is 0 Å². The molecule has 0 bridgehead atoms. The van der Waals surface area contributed by atoms with E-state index in [9.17, 15) is 4.79 Å². The monoisotopic (exact) mass is 194 g/mol. The summed E-state index contributed by atoms with van der Waals surface area (Å²) in [6, 6.07) is 5.14. The first-order valence-corrected chi connectivity index (χ1v) is 4.48. The Balaban J connectivity index is 2.49. The van der Waals surface area contributed by atoms with Crippen molar-refractivity contribution in [2.24, 2.45) is 0 Å². The summed E-state index contributed by atoms with van der Waals surface area (Å²) in [5.41, 5.74) is 1.80. The van der Waals surface area contributed by atoms with Crippen molar-refractivity contribution in [3.05, 3.63) is 29.6 Å². The summed E-state index contributed by atoms with van der Waals surface area (Å²) < 4.78 is 0. The Morgan fingerprint density at radius 1 is 1.64 bits per heavy atom. The van der Waals surface area contributed by atoms with Crippen molar-refractivity contribution in [2.45, 2.75) is 26.4 Å². The van der Waals surface area contributed by atoms with Crippen molar-refractivity contribution in [1.82, 2.24) is 10.3 Å². The Morgan fingerprint density at radius 3 is 2.93 bits per heavy atom. The second-order valence-corrected chi connectivity index (χ2v) is 3.21. The highest BCUT2D eigenvalue weighted by atomic mass is 16.4. The number of aryl methyl sites for hydroxylation is 1. The summed E-state index contributed by atoms with van der Waals surface area (Å²) in [5.74, 6) is -0.849. The van der Waals surface area contributed by atoms with Crippen LogP contribution in [0.1, 0.15) is 18.3 Å². The molecule has 0 saturated carbocycles. The van der Waals surface area contributed by atoms with Crippen LogP contribution in [0.15, 0.2) is 18.2 Å². The normalized spacial score (nSPS) is 12.4. The first kappa shape index (κ1) is 10.7. The number of carboxylic acids is 1. The number of hydrogen-bond donors (Lipinski definition) is 2. The van der Waals surface area contributed by atoms with E-state index < -0.39 is 12.0 Å². The first-order chi connectivity index (χ1) is 6.59. The molecular weight excluding hydrogens is 180 g/mol. The van der Waals surface area contributed by atoms with Gasteiger partial charge in [0.2, 0.25) is 0 Å². The average molecular weight is 194 g/mol. The Bertz CT molecular complexity index is 326. The van der Waals surface area contributed by atoms with Crippen LogP contribution in [0.25, 0.3) is 0 Å². The molecule has 0 spiro atoms. The molecule has 76 valence electrons. The molecule has 1 rings (SSSR count). The Labute approximate surface area is 83.0 Å². The third kappa shape index (κ3) is 3.14. The van der Waals surface area contributed by atoms with Crippen LogP contribution in [-0.4, -0.2) is 22.1 Å². The summed E-state index contributed by atoms with van der Waals surface area (Å²) in [5, 5.41) is 11.5. The van der Waals surface area contributed by atoms with E-state index in [0.29, 0.717) is 6.54 Å². The predicted molar refractivity (Wildman–Crippen MR) is 52.9 cm³/mol. The van der Waals surface area contributed by atoms with Crippen molar-refractivity contribution in [2.75, 3.05) is 0 Å².